The molecular weight excluding hydrogens is 540 g/mol. The van der Waals surface area contributed by atoms with Gasteiger partial charge in [-0.25, -0.2) is 8.42 Å². The predicted octanol–water partition coefficient (Wildman–Crippen LogP) is 5.96. The lowest BCUT2D eigenvalue weighted by Gasteiger charge is -2.31. The number of aromatic hydroxyl groups is 1. The van der Waals surface area contributed by atoms with Crippen molar-refractivity contribution in [3.63, 3.8) is 0 Å². The number of methoxy groups -OCH3 is 1. The van der Waals surface area contributed by atoms with Crippen LogP contribution in [0.1, 0.15) is 83.6 Å². The van der Waals surface area contributed by atoms with Crippen LogP contribution in [-0.4, -0.2) is 51.8 Å². The molecule has 2 fully saturated rings. The summed E-state index contributed by atoms with van der Waals surface area (Å²) in [4.78, 5) is 13.6. The van der Waals surface area contributed by atoms with Crippen LogP contribution in [0.4, 0.5) is 5.69 Å². The van der Waals surface area contributed by atoms with E-state index in [1.54, 1.807) is 36.4 Å². The quantitative estimate of drug-likeness (QED) is 0.265. The van der Waals surface area contributed by atoms with Gasteiger partial charge in [0.15, 0.2) is 0 Å². The third-order valence-corrected chi connectivity index (χ3v) is 10.7. The maximum Gasteiger partial charge on any atom is 0.264 e. The molecule has 0 bridgehead atoms. The number of rotatable bonds is 14. The van der Waals surface area contributed by atoms with Crippen LogP contribution >= 0.6 is 0 Å². The average molecular weight is 587 g/mol. The minimum atomic E-state index is -3.92. The Morgan fingerprint density at radius 2 is 1.76 bits per heavy atom. The highest BCUT2D eigenvalue weighted by atomic mass is 32.2. The summed E-state index contributed by atoms with van der Waals surface area (Å²) in [6, 6.07) is 11.3. The molecule has 0 aliphatic heterocycles. The van der Waals surface area contributed by atoms with Gasteiger partial charge in [-0.15, -0.1) is 0 Å². The van der Waals surface area contributed by atoms with Crippen molar-refractivity contribution < 1.29 is 27.8 Å². The molecule has 0 spiro atoms. The third-order valence-electron chi connectivity index (χ3n) is 8.83. The van der Waals surface area contributed by atoms with Crippen molar-refractivity contribution in [3.05, 3.63) is 48.0 Å². The molecule has 9 heteroatoms. The summed E-state index contributed by atoms with van der Waals surface area (Å²) in [7, 11) is -2.38. The lowest BCUT2D eigenvalue weighted by atomic mass is 9.81. The molecular formula is C32H46N2O6S. The smallest absolute Gasteiger partial charge is 0.264 e. The number of hydrogen-bond donors (Lipinski definition) is 2. The summed E-state index contributed by atoms with van der Waals surface area (Å²) in [6.07, 6.45) is 9.29. The minimum absolute atomic E-state index is 0.0726. The van der Waals surface area contributed by atoms with E-state index in [9.17, 15) is 18.3 Å². The van der Waals surface area contributed by atoms with Gasteiger partial charge in [0.25, 0.3) is 10.0 Å². The molecule has 8 nitrogen and oxygen atoms in total. The van der Waals surface area contributed by atoms with Crippen LogP contribution in [0, 0.1) is 5.41 Å². The molecule has 2 aromatic carbocycles. The van der Waals surface area contributed by atoms with E-state index in [1.807, 2.05) is 19.9 Å². The first-order valence-electron chi connectivity index (χ1n) is 15.1. The number of ether oxygens (including phenoxy) is 2. The van der Waals surface area contributed by atoms with Crippen molar-refractivity contribution in [2.45, 2.75) is 101 Å². The second-order valence-electron chi connectivity index (χ2n) is 11.5. The summed E-state index contributed by atoms with van der Waals surface area (Å²) in [5, 5.41) is 14.5. The molecule has 0 aromatic heterocycles. The van der Waals surface area contributed by atoms with Gasteiger partial charge in [-0.2, -0.15) is 0 Å². The molecule has 2 aromatic rings. The lowest BCUT2D eigenvalue weighted by Crippen LogP contribution is -2.45. The van der Waals surface area contributed by atoms with E-state index in [0.29, 0.717) is 25.4 Å². The monoisotopic (exact) mass is 586 g/mol. The van der Waals surface area contributed by atoms with Crippen LogP contribution in [0.15, 0.2) is 47.4 Å². The number of phenols is 1. The number of carbonyl (C=O) groups is 1. The molecule has 0 saturated heterocycles. The highest BCUT2D eigenvalue weighted by Crippen LogP contribution is 2.42. The Bertz CT molecular complexity index is 1250. The van der Waals surface area contributed by atoms with E-state index >= 15 is 0 Å². The van der Waals surface area contributed by atoms with Crippen molar-refractivity contribution in [1.82, 2.24) is 5.32 Å². The molecule has 2 saturated carbocycles. The Kier molecular flexibility index (Phi) is 10.6. The lowest BCUT2D eigenvalue weighted by molar-refractivity contribution is -0.132. The van der Waals surface area contributed by atoms with Gasteiger partial charge in [0, 0.05) is 25.3 Å². The fourth-order valence-electron chi connectivity index (χ4n) is 6.38. The molecule has 0 radical (unpaired) electrons. The van der Waals surface area contributed by atoms with Gasteiger partial charge in [0.05, 0.1) is 23.1 Å². The van der Waals surface area contributed by atoms with Crippen LogP contribution in [0.2, 0.25) is 0 Å². The minimum Gasteiger partial charge on any atom is -0.506 e. The summed E-state index contributed by atoms with van der Waals surface area (Å²) >= 11 is 0. The summed E-state index contributed by atoms with van der Waals surface area (Å²) in [5.74, 6) is 0.603. The summed E-state index contributed by atoms with van der Waals surface area (Å²) in [6.45, 7) is 5.25. The third kappa shape index (κ3) is 7.17. The Balaban J connectivity index is 1.53. The van der Waals surface area contributed by atoms with Gasteiger partial charge in [-0.1, -0.05) is 38.7 Å². The number of benzene rings is 2. The predicted molar refractivity (Wildman–Crippen MR) is 161 cm³/mol. The molecule has 2 N–H and O–H groups in total. The summed E-state index contributed by atoms with van der Waals surface area (Å²) in [5.41, 5.74) is 0.766. The Morgan fingerprint density at radius 1 is 1.07 bits per heavy atom. The van der Waals surface area contributed by atoms with E-state index < -0.39 is 10.0 Å². The fourth-order valence-corrected chi connectivity index (χ4v) is 8.10. The standard InChI is InChI=1S/C32H46N2O6S/c1-4-25(33-31(36)32(18-8-9-19-32)20-21-40-5-2)22-24-12-17-29(30(35)23-24)34(26-10-6-7-11-26)41(37,38)28-15-13-27(39-3)14-16-28/h12-17,23,25-26,35H,4-11,18-22H2,1-3H3,(H,33,36)/t25-/m0/s1. The number of carbonyl (C=O) groups excluding carboxylic acids is 1. The van der Waals surface area contributed by atoms with Crippen LogP contribution < -0.4 is 14.4 Å². The number of anilines is 1. The Labute approximate surface area is 245 Å². The maximum absolute atomic E-state index is 13.9. The number of phenolic OH excluding ortho intramolecular Hbond substituents is 1. The second-order valence-corrected chi connectivity index (χ2v) is 13.3. The van der Waals surface area contributed by atoms with E-state index in [2.05, 4.69) is 5.32 Å². The van der Waals surface area contributed by atoms with Crippen molar-refractivity contribution in [2.24, 2.45) is 5.41 Å². The van der Waals surface area contributed by atoms with Gasteiger partial charge in [0.1, 0.15) is 11.5 Å². The topological polar surface area (TPSA) is 105 Å². The normalized spacial score (nSPS) is 17.8. The van der Waals surface area contributed by atoms with Crippen LogP contribution in [0.3, 0.4) is 0 Å². The number of hydrogen-bond acceptors (Lipinski definition) is 6. The Morgan fingerprint density at radius 3 is 2.34 bits per heavy atom. The fraction of sp³-hybridized carbons (Fsp3) is 0.594. The van der Waals surface area contributed by atoms with Gasteiger partial charge in [0.2, 0.25) is 5.91 Å². The molecule has 2 aliphatic rings. The van der Waals surface area contributed by atoms with Crippen molar-refractivity contribution in [1.29, 1.82) is 0 Å². The van der Waals surface area contributed by atoms with Gasteiger partial charge >= 0.3 is 0 Å². The molecule has 0 unspecified atom stereocenters. The molecule has 1 atom stereocenters. The van der Waals surface area contributed by atoms with Crippen LogP contribution in [-0.2, 0) is 26.0 Å². The van der Waals surface area contributed by atoms with E-state index in [4.69, 9.17) is 9.47 Å². The first-order valence-corrected chi connectivity index (χ1v) is 16.6. The molecule has 41 heavy (non-hydrogen) atoms. The van der Waals surface area contributed by atoms with Crippen molar-refractivity contribution >= 4 is 21.6 Å². The number of amides is 1. The largest absolute Gasteiger partial charge is 0.506 e. The Hall–Kier alpha value is -2.78. The molecule has 2 aliphatic carbocycles. The van der Waals surface area contributed by atoms with Crippen LogP contribution in [0.5, 0.6) is 11.5 Å². The highest BCUT2D eigenvalue weighted by Gasteiger charge is 2.41. The van der Waals surface area contributed by atoms with E-state index in [0.717, 1.165) is 69.8 Å². The van der Waals surface area contributed by atoms with Gasteiger partial charge < -0.3 is 19.9 Å². The first-order chi connectivity index (χ1) is 19.7. The number of nitrogens with one attached hydrogen (secondary N) is 1. The first kappa shape index (κ1) is 31.2. The second kappa shape index (κ2) is 13.9. The van der Waals surface area contributed by atoms with Crippen molar-refractivity contribution in [3.8, 4) is 11.5 Å². The summed E-state index contributed by atoms with van der Waals surface area (Å²) < 4.78 is 39.9. The van der Waals surface area contributed by atoms with E-state index in [-0.39, 0.29) is 39.7 Å². The zero-order chi connectivity index (χ0) is 29.5. The van der Waals surface area contributed by atoms with E-state index in [1.165, 1.54) is 11.4 Å². The van der Waals surface area contributed by atoms with Gasteiger partial charge in [-0.3, -0.25) is 9.10 Å². The van der Waals surface area contributed by atoms with Crippen molar-refractivity contribution in [2.75, 3.05) is 24.6 Å². The van der Waals surface area contributed by atoms with Crippen LogP contribution in [0.25, 0.3) is 0 Å². The molecule has 226 valence electrons. The SMILES string of the molecule is CCOCCC1(C(=O)N[C@@H](CC)Cc2ccc(N(C3CCCC3)S(=O)(=O)c3ccc(OC)cc3)c(O)c2)CCCC1. The molecule has 4 rings (SSSR count). The van der Waals surface area contributed by atoms with Gasteiger partial charge in [-0.05, 0) is 93.8 Å². The number of sulfonamides is 1. The maximum atomic E-state index is 13.9. The zero-order valence-corrected chi connectivity index (χ0v) is 25.5. The highest BCUT2D eigenvalue weighted by molar-refractivity contribution is 7.92. The zero-order valence-electron chi connectivity index (χ0n) is 24.7. The number of nitrogens with zero attached hydrogens (tertiary/aromatic N) is 1. The average Bonchev–Trinajstić information content (AvgIpc) is 3.68. The molecule has 1 amide bonds. The molecule has 0 heterocycles.